The van der Waals surface area contributed by atoms with Gasteiger partial charge in [0.2, 0.25) is 5.91 Å². The van der Waals surface area contributed by atoms with Crippen LogP contribution >= 0.6 is 0 Å². The van der Waals surface area contributed by atoms with E-state index in [-0.39, 0.29) is 0 Å². The van der Waals surface area contributed by atoms with Crippen LogP contribution in [-0.2, 0) is 4.79 Å². The summed E-state index contributed by atoms with van der Waals surface area (Å²) in [4.78, 5) is 14.4. The van der Waals surface area contributed by atoms with E-state index in [0.717, 1.165) is 19.5 Å². The highest BCUT2D eigenvalue weighted by atomic mass is 16.2. The molecule has 1 aliphatic heterocycles. The number of carbonyl (C=O) groups is 1. The van der Waals surface area contributed by atoms with Gasteiger partial charge in [0.1, 0.15) is 0 Å². The molecule has 1 amide bonds. The lowest BCUT2D eigenvalue weighted by molar-refractivity contribution is -0.137. The molecule has 0 unspecified atom stereocenters. The third kappa shape index (κ3) is 1.60. The lowest BCUT2D eigenvalue weighted by atomic mass is 9.91. The van der Waals surface area contributed by atoms with Gasteiger partial charge in [-0.1, -0.05) is 12.2 Å². The number of nitrogens with zero attached hydrogens (tertiary/aromatic N) is 1. The lowest BCUT2D eigenvalue weighted by Gasteiger charge is -2.31. The average Bonchev–Trinajstić information content (AvgIpc) is 2.91. The number of carbonyl (C=O) groups excluding carboxylic acids is 1. The van der Waals surface area contributed by atoms with E-state index < -0.39 is 0 Å². The van der Waals surface area contributed by atoms with Crippen molar-refractivity contribution in [1.29, 1.82) is 0 Å². The van der Waals surface area contributed by atoms with Crippen LogP contribution in [0.2, 0.25) is 0 Å². The summed E-state index contributed by atoms with van der Waals surface area (Å²) in [6, 6.07) is 0. The van der Waals surface area contributed by atoms with E-state index in [0.29, 0.717) is 23.7 Å². The standard InChI is InChI=1S/C13H19NO/c15-13(14-6-2-1-3-7-14)12-9-10-4-5-11(12)8-10/h4-5,10-12H,1-3,6-9H2/t10-,11+,12+/m1/s1. The molecule has 0 aromatic rings. The van der Waals surface area contributed by atoms with Crippen molar-refractivity contribution in [2.75, 3.05) is 13.1 Å². The van der Waals surface area contributed by atoms with Gasteiger partial charge >= 0.3 is 0 Å². The van der Waals surface area contributed by atoms with E-state index in [1.807, 2.05) is 0 Å². The maximum atomic E-state index is 12.3. The number of hydrogen-bond acceptors (Lipinski definition) is 1. The second-order valence-electron chi connectivity index (χ2n) is 5.27. The number of fused-ring (bicyclic) bond motifs is 2. The van der Waals surface area contributed by atoms with Crippen molar-refractivity contribution >= 4 is 5.91 Å². The summed E-state index contributed by atoms with van der Waals surface area (Å²) in [5.41, 5.74) is 0. The minimum atomic E-state index is 0.332. The predicted molar refractivity (Wildman–Crippen MR) is 59.3 cm³/mol. The molecule has 82 valence electrons. The van der Waals surface area contributed by atoms with Gasteiger partial charge in [-0.3, -0.25) is 4.79 Å². The van der Waals surface area contributed by atoms with E-state index in [9.17, 15) is 4.79 Å². The van der Waals surface area contributed by atoms with Crippen LogP contribution in [0.3, 0.4) is 0 Å². The van der Waals surface area contributed by atoms with E-state index in [1.165, 1.54) is 25.7 Å². The Kier molecular flexibility index (Phi) is 2.30. The van der Waals surface area contributed by atoms with E-state index >= 15 is 0 Å². The number of rotatable bonds is 1. The summed E-state index contributed by atoms with van der Waals surface area (Å²) >= 11 is 0. The van der Waals surface area contributed by atoms with Crippen molar-refractivity contribution in [3.8, 4) is 0 Å². The zero-order valence-electron chi connectivity index (χ0n) is 9.19. The quantitative estimate of drug-likeness (QED) is 0.601. The molecule has 2 bridgehead atoms. The fourth-order valence-electron chi connectivity index (χ4n) is 3.41. The summed E-state index contributed by atoms with van der Waals surface area (Å²) in [7, 11) is 0. The molecule has 2 fully saturated rings. The molecule has 2 aliphatic carbocycles. The monoisotopic (exact) mass is 205 g/mol. The molecule has 0 radical (unpaired) electrons. The fraction of sp³-hybridized carbons (Fsp3) is 0.769. The van der Waals surface area contributed by atoms with Crippen molar-refractivity contribution in [2.24, 2.45) is 17.8 Å². The Morgan fingerprint density at radius 3 is 2.47 bits per heavy atom. The first-order chi connectivity index (χ1) is 7.34. The first-order valence-corrected chi connectivity index (χ1v) is 6.32. The van der Waals surface area contributed by atoms with Gasteiger partial charge in [0.15, 0.2) is 0 Å². The molecule has 0 aromatic carbocycles. The average molecular weight is 205 g/mol. The van der Waals surface area contributed by atoms with Gasteiger partial charge in [0, 0.05) is 19.0 Å². The highest BCUT2D eigenvalue weighted by molar-refractivity contribution is 5.80. The maximum absolute atomic E-state index is 12.3. The number of hydrogen-bond donors (Lipinski definition) is 0. The molecule has 1 saturated carbocycles. The smallest absolute Gasteiger partial charge is 0.226 e. The van der Waals surface area contributed by atoms with Crippen molar-refractivity contribution in [3.63, 3.8) is 0 Å². The Bertz CT molecular complexity index is 291. The summed E-state index contributed by atoms with van der Waals surface area (Å²) in [6.07, 6.45) is 10.7. The zero-order chi connectivity index (χ0) is 10.3. The van der Waals surface area contributed by atoms with Crippen LogP contribution in [0.4, 0.5) is 0 Å². The number of allylic oxidation sites excluding steroid dienone is 2. The van der Waals surface area contributed by atoms with Crippen LogP contribution in [0.25, 0.3) is 0 Å². The summed E-state index contributed by atoms with van der Waals surface area (Å²) < 4.78 is 0. The van der Waals surface area contributed by atoms with E-state index in [1.54, 1.807) is 0 Å². The third-order valence-corrected chi connectivity index (χ3v) is 4.26. The zero-order valence-corrected chi connectivity index (χ0v) is 9.19. The molecule has 2 heteroatoms. The van der Waals surface area contributed by atoms with Crippen molar-refractivity contribution in [2.45, 2.75) is 32.1 Å². The number of piperidine rings is 1. The Balaban J connectivity index is 1.67. The molecule has 1 heterocycles. The molecule has 2 nitrogen and oxygen atoms in total. The van der Waals surface area contributed by atoms with E-state index in [4.69, 9.17) is 0 Å². The molecule has 3 aliphatic rings. The second-order valence-corrected chi connectivity index (χ2v) is 5.27. The molecule has 0 aromatic heterocycles. The van der Waals surface area contributed by atoms with Crippen LogP contribution in [-0.4, -0.2) is 23.9 Å². The molecule has 0 N–H and O–H groups in total. The second kappa shape index (κ2) is 3.66. The van der Waals surface area contributed by atoms with Gasteiger partial charge in [-0.25, -0.2) is 0 Å². The summed E-state index contributed by atoms with van der Waals surface area (Å²) in [5, 5.41) is 0. The van der Waals surface area contributed by atoms with Gasteiger partial charge in [-0.15, -0.1) is 0 Å². The van der Waals surface area contributed by atoms with E-state index in [2.05, 4.69) is 17.1 Å². The minimum Gasteiger partial charge on any atom is -0.342 e. The Morgan fingerprint density at radius 2 is 1.87 bits per heavy atom. The molecule has 0 spiro atoms. The highest BCUT2D eigenvalue weighted by Crippen LogP contribution is 2.44. The van der Waals surface area contributed by atoms with Crippen LogP contribution in [0.5, 0.6) is 0 Å². The van der Waals surface area contributed by atoms with Crippen molar-refractivity contribution < 1.29 is 4.79 Å². The molecular formula is C13H19NO. The Morgan fingerprint density at radius 1 is 1.07 bits per heavy atom. The third-order valence-electron chi connectivity index (χ3n) is 4.26. The maximum Gasteiger partial charge on any atom is 0.226 e. The summed E-state index contributed by atoms with van der Waals surface area (Å²) in [5.74, 6) is 2.07. The topological polar surface area (TPSA) is 20.3 Å². The van der Waals surface area contributed by atoms with Gasteiger partial charge in [-0.2, -0.15) is 0 Å². The largest absolute Gasteiger partial charge is 0.342 e. The molecule has 1 saturated heterocycles. The molecular weight excluding hydrogens is 186 g/mol. The Labute approximate surface area is 91.3 Å². The molecule has 3 rings (SSSR count). The van der Waals surface area contributed by atoms with Crippen LogP contribution in [0.1, 0.15) is 32.1 Å². The minimum absolute atomic E-state index is 0.332. The predicted octanol–water partition coefficient (Wildman–Crippen LogP) is 2.21. The van der Waals surface area contributed by atoms with Crippen LogP contribution in [0, 0.1) is 17.8 Å². The number of amides is 1. The van der Waals surface area contributed by atoms with Gasteiger partial charge in [0.05, 0.1) is 0 Å². The first kappa shape index (κ1) is 9.44. The fourth-order valence-corrected chi connectivity index (χ4v) is 3.41. The van der Waals surface area contributed by atoms with Crippen LogP contribution < -0.4 is 0 Å². The first-order valence-electron chi connectivity index (χ1n) is 6.32. The van der Waals surface area contributed by atoms with Gasteiger partial charge < -0.3 is 4.90 Å². The summed E-state index contributed by atoms with van der Waals surface area (Å²) in [6.45, 7) is 2.02. The van der Waals surface area contributed by atoms with Gasteiger partial charge in [0.25, 0.3) is 0 Å². The van der Waals surface area contributed by atoms with Gasteiger partial charge in [-0.05, 0) is 43.9 Å². The molecule has 15 heavy (non-hydrogen) atoms. The highest BCUT2D eigenvalue weighted by Gasteiger charge is 2.41. The van der Waals surface area contributed by atoms with Crippen molar-refractivity contribution in [1.82, 2.24) is 4.90 Å². The normalized spacial score (nSPS) is 38.7. The Hall–Kier alpha value is -0.790. The lowest BCUT2D eigenvalue weighted by Crippen LogP contribution is -2.40. The molecule has 3 atom stereocenters. The number of likely N-dealkylation sites (tertiary alicyclic amines) is 1. The van der Waals surface area contributed by atoms with Crippen molar-refractivity contribution in [3.05, 3.63) is 12.2 Å². The van der Waals surface area contributed by atoms with Crippen LogP contribution in [0.15, 0.2) is 12.2 Å². The SMILES string of the molecule is O=C([C@H]1C[C@@H]2C=C[C@H]1C2)N1CCCCC1.